The molecule has 4 aromatic rings. The molecule has 0 aromatic heterocycles. The number of benzene rings is 4. The van der Waals surface area contributed by atoms with E-state index in [9.17, 15) is 0 Å². The summed E-state index contributed by atoms with van der Waals surface area (Å²) in [7, 11) is 0. The van der Waals surface area contributed by atoms with Crippen LogP contribution < -0.4 is 5.32 Å². The molecule has 0 bridgehead atoms. The Bertz CT molecular complexity index is 1120. The monoisotopic (exact) mass is 489 g/mol. The first-order valence-electron chi connectivity index (χ1n) is 13.7. The number of nitrogens with one attached hydrogen (secondary N) is 1. The normalized spacial score (nSPS) is 18.1. The van der Waals surface area contributed by atoms with Crippen molar-refractivity contribution in [3.05, 3.63) is 138 Å². The second-order valence-corrected chi connectivity index (χ2v) is 10.2. The number of aryl methyl sites for hydroxylation is 1. The predicted molar refractivity (Wildman–Crippen MR) is 155 cm³/mol. The van der Waals surface area contributed by atoms with Crippen LogP contribution in [0.1, 0.15) is 36.0 Å². The van der Waals surface area contributed by atoms with E-state index in [0.717, 1.165) is 39.0 Å². The average Bonchev–Trinajstić information content (AvgIpc) is 2.96. The van der Waals surface area contributed by atoms with E-state index >= 15 is 0 Å². The van der Waals surface area contributed by atoms with E-state index in [1.54, 1.807) is 0 Å². The van der Waals surface area contributed by atoms with Gasteiger partial charge in [0.25, 0.3) is 0 Å². The van der Waals surface area contributed by atoms with E-state index in [1.807, 2.05) is 0 Å². The van der Waals surface area contributed by atoms with Crippen LogP contribution in [-0.4, -0.2) is 35.1 Å². The summed E-state index contributed by atoms with van der Waals surface area (Å²) in [5.41, 5.74) is 5.41. The van der Waals surface area contributed by atoms with Crippen molar-refractivity contribution >= 4 is 5.69 Å². The van der Waals surface area contributed by atoms with Crippen molar-refractivity contribution in [1.82, 2.24) is 9.80 Å². The zero-order valence-corrected chi connectivity index (χ0v) is 21.8. The number of hydrogen-bond acceptors (Lipinski definition) is 3. The molecule has 190 valence electrons. The Hall–Kier alpha value is -3.40. The van der Waals surface area contributed by atoms with Gasteiger partial charge in [-0.3, -0.25) is 9.80 Å². The fourth-order valence-electron chi connectivity index (χ4n) is 5.57. The van der Waals surface area contributed by atoms with Crippen LogP contribution in [0.5, 0.6) is 0 Å². The second-order valence-electron chi connectivity index (χ2n) is 10.2. The third kappa shape index (κ3) is 7.55. The lowest BCUT2D eigenvalue weighted by atomic mass is 9.98. The Morgan fingerprint density at radius 3 is 1.73 bits per heavy atom. The molecule has 0 spiro atoms. The van der Waals surface area contributed by atoms with Gasteiger partial charge < -0.3 is 5.32 Å². The van der Waals surface area contributed by atoms with Crippen molar-refractivity contribution < 1.29 is 0 Å². The number of hydrogen-bond donors (Lipinski definition) is 1. The summed E-state index contributed by atoms with van der Waals surface area (Å²) in [6.45, 7) is 4.14. The summed E-state index contributed by atoms with van der Waals surface area (Å²) in [4.78, 5) is 5.45. The molecule has 1 unspecified atom stereocenters. The highest BCUT2D eigenvalue weighted by Gasteiger charge is 2.32. The lowest BCUT2D eigenvalue weighted by Gasteiger charge is -2.46. The first-order chi connectivity index (χ1) is 18.3. The summed E-state index contributed by atoms with van der Waals surface area (Å²) in [6.07, 6.45) is 4.97. The molecule has 0 amide bonds. The second kappa shape index (κ2) is 13.2. The number of anilines is 1. The molecule has 1 saturated heterocycles. The number of para-hydroxylation sites is 1. The van der Waals surface area contributed by atoms with E-state index in [0.29, 0.717) is 12.2 Å². The van der Waals surface area contributed by atoms with Crippen LogP contribution >= 0.6 is 0 Å². The molecule has 1 N–H and O–H groups in total. The van der Waals surface area contributed by atoms with E-state index in [1.165, 1.54) is 35.2 Å². The van der Waals surface area contributed by atoms with E-state index in [4.69, 9.17) is 0 Å². The molecule has 1 fully saturated rings. The zero-order chi connectivity index (χ0) is 25.1. The van der Waals surface area contributed by atoms with E-state index < -0.39 is 0 Å². The zero-order valence-electron chi connectivity index (χ0n) is 21.8. The van der Waals surface area contributed by atoms with Gasteiger partial charge in [-0.1, -0.05) is 109 Å². The minimum Gasteiger partial charge on any atom is -0.382 e. The molecular weight excluding hydrogens is 450 g/mol. The van der Waals surface area contributed by atoms with Crippen molar-refractivity contribution in [3.8, 4) is 0 Å². The van der Waals surface area contributed by atoms with E-state index in [2.05, 4.69) is 136 Å². The summed E-state index contributed by atoms with van der Waals surface area (Å²) < 4.78 is 0. The standard InChI is InChI=1S/C34H39N3/c1-5-14-29(15-6-1)20-13-24-36-25-23-33(35-32-21-11-4-12-22-32)26-34(36)37(27-30-16-7-2-8-17-30)28-31-18-9-3-10-19-31/h1-12,14-19,21-22,33-35H,13,20,23-28H2/t33?,34-/m0/s1. The maximum absolute atomic E-state index is 3.84. The summed E-state index contributed by atoms with van der Waals surface area (Å²) in [5.74, 6) is 0. The number of piperidine rings is 1. The van der Waals surface area contributed by atoms with Gasteiger partial charge in [-0.2, -0.15) is 0 Å². The van der Waals surface area contributed by atoms with Crippen molar-refractivity contribution in [3.63, 3.8) is 0 Å². The largest absolute Gasteiger partial charge is 0.382 e. The van der Waals surface area contributed by atoms with Crippen molar-refractivity contribution in [2.75, 3.05) is 18.4 Å². The smallest absolute Gasteiger partial charge is 0.0648 e. The van der Waals surface area contributed by atoms with Crippen molar-refractivity contribution in [1.29, 1.82) is 0 Å². The SMILES string of the molecule is c1ccc(CCCN2CCC(Nc3ccccc3)C[C@@H]2N(Cc2ccccc2)Cc2ccccc2)cc1. The number of likely N-dealkylation sites (tertiary alicyclic amines) is 1. The Morgan fingerprint density at radius 2 is 1.16 bits per heavy atom. The van der Waals surface area contributed by atoms with Crippen LogP contribution in [0.4, 0.5) is 5.69 Å². The third-order valence-corrected chi connectivity index (χ3v) is 7.46. The first kappa shape index (κ1) is 25.3. The van der Waals surface area contributed by atoms with Crippen LogP contribution in [0.2, 0.25) is 0 Å². The van der Waals surface area contributed by atoms with Gasteiger partial charge in [0.05, 0.1) is 6.17 Å². The maximum atomic E-state index is 3.84. The highest BCUT2D eigenvalue weighted by molar-refractivity contribution is 5.43. The summed E-state index contributed by atoms with van der Waals surface area (Å²) in [5, 5.41) is 3.84. The van der Waals surface area contributed by atoms with Gasteiger partial charge in [0, 0.05) is 31.4 Å². The lowest BCUT2D eigenvalue weighted by Crippen LogP contribution is -2.54. The minimum absolute atomic E-state index is 0.381. The van der Waals surface area contributed by atoms with E-state index in [-0.39, 0.29) is 0 Å². The maximum Gasteiger partial charge on any atom is 0.0648 e. The van der Waals surface area contributed by atoms with Crippen molar-refractivity contribution in [2.45, 2.75) is 51.0 Å². The molecule has 0 aliphatic carbocycles. The van der Waals surface area contributed by atoms with Crippen LogP contribution in [0, 0.1) is 0 Å². The predicted octanol–water partition coefficient (Wildman–Crippen LogP) is 7.22. The number of rotatable bonds is 11. The highest BCUT2D eigenvalue weighted by atomic mass is 15.4. The molecule has 37 heavy (non-hydrogen) atoms. The Kier molecular flexibility index (Phi) is 9.03. The molecule has 3 heteroatoms. The fraction of sp³-hybridized carbons (Fsp3) is 0.294. The van der Waals surface area contributed by atoms with Gasteiger partial charge in [-0.25, -0.2) is 0 Å². The minimum atomic E-state index is 0.381. The highest BCUT2D eigenvalue weighted by Crippen LogP contribution is 2.27. The molecular formula is C34H39N3. The van der Waals surface area contributed by atoms with Crippen LogP contribution in [-0.2, 0) is 19.5 Å². The van der Waals surface area contributed by atoms with Gasteiger partial charge in [0.1, 0.15) is 0 Å². The Morgan fingerprint density at radius 1 is 0.649 bits per heavy atom. The molecule has 0 saturated carbocycles. The third-order valence-electron chi connectivity index (χ3n) is 7.46. The van der Waals surface area contributed by atoms with Crippen LogP contribution in [0.15, 0.2) is 121 Å². The molecule has 3 nitrogen and oxygen atoms in total. The van der Waals surface area contributed by atoms with Crippen LogP contribution in [0.3, 0.4) is 0 Å². The van der Waals surface area contributed by atoms with Gasteiger partial charge in [-0.15, -0.1) is 0 Å². The topological polar surface area (TPSA) is 18.5 Å². The fourth-order valence-corrected chi connectivity index (χ4v) is 5.57. The lowest BCUT2D eigenvalue weighted by molar-refractivity contribution is -0.00163. The molecule has 1 aliphatic rings. The molecule has 4 aromatic carbocycles. The molecule has 2 atom stereocenters. The first-order valence-corrected chi connectivity index (χ1v) is 13.7. The molecule has 0 radical (unpaired) electrons. The average molecular weight is 490 g/mol. The Labute approximate surface area is 222 Å². The van der Waals surface area contributed by atoms with Gasteiger partial charge in [0.2, 0.25) is 0 Å². The van der Waals surface area contributed by atoms with Gasteiger partial charge in [-0.05, 0) is 61.1 Å². The summed E-state index contributed by atoms with van der Waals surface area (Å²) >= 11 is 0. The molecule has 5 rings (SSSR count). The molecule has 1 aliphatic heterocycles. The summed E-state index contributed by atoms with van der Waals surface area (Å²) in [6, 6.07) is 44.0. The Balaban J connectivity index is 1.35. The number of nitrogens with zero attached hydrogens (tertiary/aromatic N) is 2. The van der Waals surface area contributed by atoms with Crippen molar-refractivity contribution in [2.24, 2.45) is 0 Å². The van der Waals surface area contributed by atoms with Gasteiger partial charge in [0.15, 0.2) is 0 Å². The van der Waals surface area contributed by atoms with Gasteiger partial charge >= 0.3 is 0 Å². The molecule has 1 heterocycles. The van der Waals surface area contributed by atoms with Crippen LogP contribution in [0.25, 0.3) is 0 Å². The quantitative estimate of drug-likeness (QED) is 0.240.